The fraction of sp³-hybridized carbons (Fsp3) is 0.125. The smallest absolute Gasteiger partial charge is 0.173 e. The van der Waals surface area contributed by atoms with Crippen LogP contribution in [0.1, 0.15) is 0 Å². The van der Waals surface area contributed by atoms with Gasteiger partial charge in [-0.3, -0.25) is 0 Å². The average Bonchev–Trinajstić information content (AvgIpc) is 2.05. The maximum absolute atomic E-state index is 5.24. The number of ether oxygens (including phenoxy) is 2. The van der Waals surface area contributed by atoms with E-state index in [1.807, 2.05) is 24.3 Å². The molecule has 1 heterocycles. The van der Waals surface area contributed by atoms with Gasteiger partial charge in [-0.05, 0) is 12.1 Å². The first-order valence-corrected chi connectivity index (χ1v) is 3.17. The Bertz CT molecular complexity index is 207. The van der Waals surface area contributed by atoms with E-state index >= 15 is 0 Å². The zero-order valence-corrected chi connectivity index (χ0v) is 5.41. The molecule has 51 valence electrons. The van der Waals surface area contributed by atoms with E-state index in [1.165, 1.54) is 0 Å². The Labute approximate surface area is 59.4 Å². The predicted octanol–water partition coefficient (Wildman–Crippen LogP) is 1.62. The van der Waals surface area contributed by atoms with E-state index < -0.39 is 0 Å². The van der Waals surface area contributed by atoms with Gasteiger partial charge >= 0.3 is 0 Å². The molecule has 1 aromatic rings. The van der Waals surface area contributed by atoms with Crippen molar-refractivity contribution < 1.29 is 9.47 Å². The zero-order chi connectivity index (χ0) is 6.81. The Morgan fingerprint density at radius 1 is 1.10 bits per heavy atom. The highest BCUT2D eigenvalue weighted by molar-refractivity contribution is 5.40. The van der Waals surface area contributed by atoms with Crippen LogP contribution in [0.4, 0.5) is 0 Å². The van der Waals surface area contributed by atoms with Crippen LogP contribution in [0, 0.1) is 6.61 Å². The highest BCUT2D eigenvalue weighted by Gasteiger charge is 2.08. The monoisotopic (exact) mass is 135 g/mol. The summed E-state index contributed by atoms with van der Waals surface area (Å²) < 4.78 is 10.4. The van der Waals surface area contributed by atoms with Crippen molar-refractivity contribution in [2.24, 2.45) is 0 Å². The van der Waals surface area contributed by atoms with Crippen LogP contribution in [0.25, 0.3) is 0 Å². The molecule has 0 saturated heterocycles. The molecule has 1 aromatic carbocycles. The number of hydrogen-bond acceptors (Lipinski definition) is 2. The summed E-state index contributed by atoms with van der Waals surface area (Å²) in [5.74, 6) is 1.62. The summed E-state index contributed by atoms with van der Waals surface area (Å²) in [5.41, 5.74) is 0. The van der Waals surface area contributed by atoms with Crippen molar-refractivity contribution in [2.75, 3.05) is 6.61 Å². The van der Waals surface area contributed by atoms with Crippen LogP contribution in [0.3, 0.4) is 0 Å². The molecule has 1 radical (unpaired) electrons. The second kappa shape index (κ2) is 2.21. The van der Waals surface area contributed by atoms with E-state index in [0.29, 0.717) is 6.61 Å². The second-order valence-electron chi connectivity index (χ2n) is 2.04. The molecule has 0 N–H and O–H groups in total. The molecule has 2 heteroatoms. The molecule has 0 bridgehead atoms. The minimum atomic E-state index is 0.539. The molecule has 0 fully saturated rings. The first-order chi connectivity index (χ1) is 4.97. The molecular weight excluding hydrogens is 128 g/mol. The number of fused-ring (bicyclic) bond motifs is 1. The molecular formula is C8H7O2. The van der Waals surface area contributed by atoms with E-state index in [9.17, 15) is 0 Å². The molecule has 0 aromatic heterocycles. The maximum Gasteiger partial charge on any atom is 0.173 e. The lowest BCUT2D eigenvalue weighted by atomic mass is 10.3. The molecule has 0 spiro atoms. The lowest BCUT2D eigenvalue weighted by Crippen LogP contribution is -2.09. The number of rotatable bonds is 0. The van der Waals surface area contributed by atoms with Crippen LogP contribution in [0.15, 0.2) is 24.3 Å². The highest BCUT2D eigenvalue weighted by atomic mass is 16.6. The SMILES string of the molecule is [CH]1COc2ccccc2O1. The number of para-hydroxylation sites is 2. The molecule has 2 rings (SSSR count). The second-order valence-corrected chi connectivity index (χ2v) is 2.04. The Morgan fingerprint density at radius 2 is 1.90 bits per heavy atom. The van der Waals surface area contributed by atoms with Crippen LogP contribution in [0.5, 0.6) is 11.5 Å². The van der Waals surface area contributed by atoms with E-state index in [1.54, 1.807) is 6.61 Å². The minimum absolute atomic E-state index is 0.539. The summed E-state index contributed by atoms with van der Waals surface area (Å²) in [6, 6.07) is 7.61. The molecule has 0 atom stereocenters. The van der Waals surface area contributed by atoms with Crippen molar-refractivity contribution in [1.29, 1.82) is 0 Å². The topological polar surface area (TPSA) is 18.5 Å². The van der Waals surface area contributed by atoms with Gasteiger partial charge < -0.3 is 9.47 Å². The molecule has 1 aliphatic heterocycles. The van der Waals surface area contributed by atoms with Gasteiger partial charge in [0.2, 0.25) is 0 Å². The van der Waals surface area contributed by atoms with E-state index in [-0.39, 0.29) is 0 Å². The van der Waals surface area contributed by atoms with Crippen LogP contribution < -0.4 is 9.47 Å². The Kier molecular flexibility index (Phi) is 1.24. The Balaban J connectivity index is 2.41. The number of benzene rings is 1. The van der Waals surface area contributed by atoms with E-state index in [4.69, 9.17) is 9.47 Å². The van der Waals surface area contributed by atoms with Crippen molar-refractivity contribution in [3.63, 3.8) is 0 Å². The summed E-state index contributed by atoms with van der Waals surface area (Å²) in [7, 11) is 0. The lowest BCUT2D eigenvalue weighted by Gasteiger charge is -2.16. The van der Waals surface area contributed by atoms with Crippen molar-refractivity contribution in [1.82, 2.24) is 0 Å². The van der Waals surface area contributed by atoms with Gasteiger partial charge in [0.1, 0.15) is 6.61 Å². The molecule has 0 aliphatic carbocycles. The molecule has 0 unspecified atom stereocenters. The molecule has 10 heavy (non-hydrogen) atoms. The van der Waals surface area contributed by atoms with Crippen molar-refractivity contribution >= 4 is 0 Å². The van der Waals surface area contributed by atoms with Gasteiger partial charge in [0.05, 0.1) is 0 Å². The summed E-state index contributed by atoms with van der Waals surface area (Å²) in [6.45, 7) is 2.18. The molecule has 0 saturated carbocycles. The molecule has 1 aliphatic rings. The fourth-order valence-electron chi connectivity index (χ4n) is 0.914. The van der Waals surface area contributed by atoms with Gasteiger partial charge in [0.25, 0.3) is 0 Å². The third-order valence-electron chi connectivity index (χ3n) is 1.37. The van der Waals surface area contributed by atoms with Gasteiger partial charge in [-0.15, -0.1) is 0 Å². The van der Waals surface area contributed by atoms with Gasteiger partial charge in [-0.2, -0.15) is 0 Å². The largest absolute Gasteiger partial charge is 0.486 e. The molecule has 2 nitrogen and oxygen atoms in total. The minimum Gasteiger partial charge on any atom is -0.486 e. The lowest BCUT2D eigenvalue weighted by molar-refractivity contribution is 0.223. The normalized spacial score (nSPS) is 14.8. The quantitative estimate of drug-likeness (QED) is 0.538. The summed E-state index contributed by atoms with van der Waals surface area (Å²) in [4.78, 5) is 0. The fourth-order valence-corrected chi connectivity index (χ4v) is 0.914. The van der Waals surface area contributed by atoms with Crippen LogP contribution in [0.2, 0.25) is 0 Å². The van der Waals surface area contributed by atoms with Crippen LogP contribution in [-0.4, -0.2) is 6.61 Å². The van der Waals surface area contributed by atoms with Gasteiger partial charge in [-0.1, -0.05) is 12.1 Å². The van der Waals surface area contributed by atoms with Gasteiger partial charge in [0, 0.05) is 0 Å². The predicted molar refractivity (Wildman–Crippen MR) is 36.9 cm³/mol. The summed E-state index contributed by atoms with van der Waals surface area (Å²) in [5, 5.41) is 0. The first kappa shape index (κ1) is 5.59. The average molecular weight is 135 g/mol. The third kappa shape index (κ3) is 0.817. The third-order valence-corrected chi connectivity index (χ3v) is 1.37. The maximum atomic E-state index is 5.24. The highest BCUT2D eigenvalue weighted by Crippen LogP contribution is 2.29. The van der Waals surface area contributed by atoms with Crippen LogP contribution >= 0.6 is 0 Å². The van der Waals surface area contributed by atoms with Crippen molar-refractivity contribution in [3.05, 3.63) is 30.9 Å². The number of hydrogen-bond donors (Lipinski definition) is 0. The van der Waals surface area contributed by atoms with E-state index in [2.05, 4.69) is 0 Å². The summed E-state index contributed by atoms with van der Waals surface area (Å²) in [6.07, 6.45) is 0. The van der Waals surface area contributed by atoms with Crippen LogP contribution in [-0.2, 0) is 0 Å². The first-order valence-electron chi connectivity index (χ1n) is 3.17. The Morgan fingerprint density at radius 3 is 2.70 bits per heavy atom. The van der Waals surface area contributed by atoms with E-state index in [0.717, 1.165) is 11.5 Å². The standard InChI is InChI=1S/C8H7O2/c1-2-4-8-7(3-1)9-5-6-10-8/h1-5H,6H2. The van der Waals surface area contributed by atoms with Crippen molar-refractivity contribution in [2.45, 2.75) is 0 Å². The van der Waals surface area contributed by atoms with Gasteiger partial charge in [0.15, 0.2) is 18.1 Å². The Hall–Kier alpha value is -1.18. The molecule has 0 amide bonds. The summed E-state index contributed by atoms with van der Waals surface area (Å²) >= 11 is 0. The van der Waals surface area contributed by atoms with Crippen molar-refractivity contribution in [3.8, 4) is 11.5 Å². The zero-order valence-electron chi connectivity index (χ0n) is 5.41. The van der Waals surface area contributed by atoms with Gasteiger partial charge in [-0.25, -0.2) is 0 Å².